The first-order valence-corrected chi connectivity index (χ1v) is 7.36. The molecular weight excluding hydrogens is 324 g/mol. The van der Waals surface area contributed by atoms with E-state index in [0.717, 1.165) is 0 Å². The summed E-state index contributed by atoms with van der Waals surface area (Å²) in [5.74, 6) is 2.46. The number of terminal acetylenes is 1. The summed E-state index contributed by atoms with van der Waals surface area (Å²) in [4.78, 5) is 12.2. The van der Waals surface area contributed by atoms with Gasteiger partial charge in [-0.2, -0.15) is 5.26 Å². The molecule has 2 aromatic rings. The summed E-state index contributed by atoms with van der Waals surface area (Å²) in [5.41, 5.74) is 1.10. The minimum Gasteiger partial charge on any atom is -0.481 e. The fourth-order valence-electron chi connectivity index (χ4n) is 1.85. The predicted molar refractivity (Wildman–Crippen MR) is 94.4 cm³/mol. The summed E-state index contributed by atoms with van der Waals surface area (Å²) in [5, 5.41) is 12.2. The van der Waals surface area contributed by atoms with Crippen LogP contribution in [0.3, 0.4) is 0 Å². The molecule has 0 saturated heterocycles. The van der Waals surface area contributed by atoms with Gasteiger partial charge in [-0.15, -0.1) is 6.42 Å². The first-order chi connectivity index (χ1) is 11.6. The minimum atomic E-state index is -0.529. The van der Waals surface area contributed by atoms with Crippen molar-refractivity contribution in [3.05, 3.63) is 64.7 Å². The predicted octanol–water partition coefficient (Wildman–Crippen LogP) is 3.90. The molecule has 118 valence electrons. The Morgan fingerprint density at radius 1 is 1.25 bits per heavy atom. The topological polar surface area (TPSA) is 62.1 Å². The van der Waals surface area contributed by atoms with Gasteiger partial charge in [0.2, 0.25) is 0 Å². The van der Waals surface area contributed by atoms with Gasteiger partial charge in [-0.05, 0) is 35.9 Å². The third kappa shape index (κ3) is 4.64. The number of nitrogens with zero attached hydrogens (tertiary/aromatic N) is 1. The third-order valence-corrected chi connectivity index (χ3v) is 3.33. The van der Waals surface area contributed by atoms with Crippen LogP contribution in [0.1, 0.15) is 5.56 Å². The van der Waals surface area contributed by atoms with Crippen LogP contribution in [-0.4, -0.2) is 12.5 Å². The van der Waals surface area contributed by atoms with E-state index in [-0.39, 0.29) is 12.2 Å². The Bertz CT molecular complexity index is 843. The molecule has 0 fully saturated rings. The van der Waals surface area contributed by atoms with Gasteiger partial charge in [0.25, 0.3) is 5.91 Å². The van der Waals surface area contributed by atoms with E-state index in [9.17, 15) is 10.1 Å². The van der Waals surface area contributed by atoms with Crippen LogP contribution < -0.4 is 10.1 Å². The highest BCUT2D eigenvalue weighted by Gasteiger charge is 2.11. The molecule has 4 nitrogen and oxygen atoms in total. The number of nitriles is 1. The standard InChI is InChI=1S/C19H13ClN2O2/c1-2-11-24-16-9-7-14(8-10-16)12-15(13-21)19(23)22-18-6-4-3-5-17(18)20/h1,3-10,12H,11H2,(H,22,23)/b15-12+. The summed E-state index contributed by atoms with van der Waals surface area (Å²) in [6.45, 7) is 0.179. The molecule has 2 aromatic carbocycles. The van der Waals surface area contributed by atoms with Crippen LogP contribution in [0.25, 0.3) is 6.08 Å². The molecule has 24 heavy (non-hydrogen) atoms. The second kappa shape index (κ2) is 8.43. The number of hydrogen-bond donors (Lipinski definition) is 1. The highest BCUT2D eigenvalue weighted by Crippen LogP contribution is 2.21. The van der Waals surface area contributed by atoms with Crippen molar-refractivity contribution in [1.29, 1.82) is 5.26 Å². The van der Waals surface area contributed by atoms with Crippen molar-refractivity contribution in [2.24, 2.45) is 0 Å². The largest absolute Gasteiger partial charge is 0.481 e. The van der Waals surface area contributed by atoms with E-state index < -0.39 is 5.91 Å². The number of carbonyl (C=O) groups excluding carboxylic acids is 1. The van der Waals surface area contributed by atoms with Gasteiger partial charge < -0.3 is 10.1 Å². The maximum absolute atomic E-state index is 12.2. The van der Waals surface area contributed by atoms with Crippen molar-refractivity contribution in [3.8, 4) is 24.2 Å². The van der Waals surface area contributed by atoms with E-state index in [2.05, 4.69) is 11.2 Å². The SMILES string of the molecule is C#CCOc1ccc(/C=C(\C#N)C(=O)Nc2ccccc2Cl)cc1. The Hall–Kier alpha value is -3.21. The molecule has 0 unspecified atom stereocenters. The van der Waals surface area contributed by atoms with Gasteiger partial charge in [-0.25, -0.2) is 0 Å². The van der Waals surface area contributed by atoms with E-state index in [1.165, 1.54) is 6.08 Å². The molecule has 0 aliphatic rings. The number of amides is 1. The second-order valence-corrected chi connectivity index (χ2v) is 5.07. The summed E-state index contributed by atoms with van der Waals surface area (Å²) in [6.07, 6.45) is 6.61. The summed E-state index contributed by atoms with van der Waals surface area (Å²) < 4.78 is 5.27. The molecule has 1 amide bonds. The van der Waals surface area contributed by atoms with Gasteiger partial charge in [0, 0.05) is 0 Å². The molecule has 0 bridgehead atoms. The lowest BCUT2D eigenvalue weighted by atomic mass is 10.1. The Morgan fingerprint density at radius 2 is 1.96 bits per heavy atom. The molecule has 0 radical (unpaired) electrons. The fraction of sp³-hybridized carbons (Fsp3) is 0.0526. The van der Waals surface area contributed by atoms with E-state index in [0.29, 0.717) is 22.0 Å². The van der Waals surface area contributed by atoms with E-state index in [4.69, 9.17) is 22.8 Å². The van der Waals surface area contributed by atoms with Gasteiger partial charge >= 0.3 is 0 Å². The van der Waals surface area contributed by atoms with E-state index in [1.54, 1.807) is 48.5 Å². The number of carbonyl (C=O) groups is 1. The molecule has 0 spiro atoms. The summed E-state index contributed by atoms with van der Waals surface area (Å²) >= 11 is 5.99. The number of rotatable bonds is 5. The van der Waals surface area contributed by atoms with Crippen LogP contribution >= 0.6 is 11.6 Å². The van der Waals surface area contributed by atoms with Crippen molar-refractivity contribution in [3.63, 3.8) is 0 Å². The van der Waals surface area contributed by atoms with Crippen LogP contribution in [0, 0.1) is 23.7 Å². The Labute approximate surface area is 145 Å². The van der Waals surface area contributed by atoms with Crippen molar-refractivity contribution >= 4 is 29.3 Å². The Morgan fingerprint density at radius 3 is 2.58 bits per heavy atom. The van der Waals surface area contributed by atoms with Crippen LogP contribution in [-0.2, 0) is 4.79 Å². The normalized spacial score (nSPS) is 10.4. The van der Waals surface area contributed by atoms with Gasteiger partial charge in [0.05, 0.1) is 10.7 Å². The van der Waals surface area contributed by atoms with Gasteiger partial charge in [-0.1, -0.05) is 41.8 Å². The molecule has 0 atom stereocenters. The van der Waals surface area contributed by atoms with Gasteiger partial charge in [0.1, 0.15) is 24.0 Å². The number of anilines is 1. The van der Waals surface area contributed by atoms with Crippen LogP contribution in [0.4, 0.5) is 5.69 Å². The number of hydrogen-bond acceptors (Lipinski definition) is 3. The Balaban J connectivity index is 2.14. The monoisotopic (exact) mass is 336 g/mol. The smallest absolute Gasteiger partial charge is 0.266 e. The van der Waals surface area contributed by atoms with Crippen LogP contribution in [0.5, 0.6) is 5.75 Å². The second-order valence-electron chi connectivity index (χ2n) is 4.67. The molecule has 0 heterocycles. The molecule has 0 aliphatic heterocycles. The fourth-order valence-corrected chi connectivity index (χ4v) is 2.04. The quantitative estimate of drug-likeness (QED) is 0.511. The maximum Gasteiger partial charge on any atom is 0.266 e. The summed E-state index contributed by atoms with van der Waals surface area (Å²) in [6, 6.07) is 15.6. The first-order valence-electron chi connectivity index (χ1n) is 6.98. The highest BCUT2D eigenvalue weighted by molar-refractivity contribution is 6.34. The zero-order chi connectivity index (χ0) is 17.4. The molecule has 0 aliphatic carbocycles. The molecule has 5 heteroatoms. The molecular formula is C19H13ClN2O2. The number of benzene rings is 2. The molecule has 0 aromatic heterocycles. The highest BCUT2D eigenvalue weighted by atomic mass is 35.5. The van der Waals surface area contributed by atoms with Gasteiger partial charge in [-0.3, -0.25) is 4.79 Å². The first kappa shape index (κ1) is 17.1. The maximum atomic E-state index is 12.2. The van der Waals surface area contributed by atoms with Crippen molar-refractivity contribution < 1.29 is 9.53 Å². The zero-order valence-corrected chi connectivity index (χ0v) is 13.4. The number of halogens is 1. The van der Waals surface area contributed by atoms with Gasteiger partial charge in [0.15, 0.2) is 0 Å². The molecule has 1 N–H and O–H groups in total. The number of nitrogens with one attached hydrogen (secondary N) is 1. The third-order valence-electron chi connectivity index (χ3n) is 3.00. The lowest BCUT2D eigenvalue weighted by Crippen LogP contribution is -2.13. The molecule has 0 saturated carbocycles. The van der Waals surface area contributed by atoms with Crippen LogP contribution in [0.2, 0.25) is 5.02 Å². The lowest BCUT2D eigenvalue weighted by Gasteiger charge is -2.06. The summed E-state index contributed by atoms with van der Waals surface area (Å²) in [7, 11) is 0. The van der Waals surface area contributed by atoms with Crippen molar-refractivity contribution in [2.45, 2.75) is 0 Å². The lowest BCUT2D eigenvalue weighted by molar-refractivity contribution is -0.112. The number of para-hydroxylation sites is 1. The van der Waals surface area contributed by atoms with Crippen molar-refractivity contribution in [1.82, 2.24) is 0 Å². The minimum absolute atomic E-state index is 0.0350. The zero-order valence-electron chi connectivity index (χ0n) is 12.6. The van der Waals surface area contributed by atoms with Crippen molar-refractivity contribution in [2.75, 3.05) is 11.9 Å². The van der Waals surface area contributed by atoms with E-state index in [1.807, 2.05) is 6.07 Å². The Kier molecular flexibility index (Phi) is 6.02. The average molecular weight is 337 g/mol. The number of ether oxygens (including phenoxy) is 1. The van der Waals surface area contributed by atoms with Crippen LogP contribution in [0.15, 0.2) is 54.1 Å². The average Bonchev–Trinajstić information content (AvgIpc) is 2.60. The van der Waals surface area contributed by atoms with E-state index >= 15 is 0 Å². The molecule has 2 rings (SSSR count).